The molecule has 2 fully saturated rings. The maximum atomic E-state index is 13.8. The minimum atomic E-state index is -3.70. The zero-order chi connectivity index (χ0) is 26.6. The van der Waals surface area contributed by atoms with Crippen LogP contribution in [0, 0.1) is 0 Å². The quantitative estimate of drug-likeness (QED) is 0.459. The summed E-state index contributed by atoms with van der Waals surface area (Å²) in [6.45, 7) is 2.59. The van der Waals surface area contributed by atoms with Gasteiger partial charge in [0.2, 0.25) is 10.0 Å². The summed E-state index contributed by atoms with van der Waals surface area (Å²) in [5.41, 5.74) is 7.94. The van der Waals surface area contributed by atoms with Crippen LogP contribution < -0.4 is 20.3 Å². The molecule has 2 unspecified atom stereocenters. The highest BCUT2D eigenvalue weighted by molar-refractivity contribution is 7.92. The lowest BCUT2D eigenvalue weighted by Crippen LogP contribution is -2.39. The van der Waals surface area contributed by atoms with Gasteiger partial charge in [-0.1, -0.05) is 0 Å². The average molecular weight is 543 g/mol. The van der Waals surface area contributed by atoms with Gasteiger partial charge >= 0.3 is 0 Å². The number of nitrogens with one attached hydrogen (secondary N) is 1. The number of rotatable bonds is 1. The largest absolute Gasteiger partial charge is 0.359 e. The Morgan fingerprint density at radius 3 is 2.68 bits per heavy atom. The molecule has 13 nitrogen and oxygen atoms in total. The number of anilines is 3. The summed E-state index contributed by atoms with van der Waals surface area (Å²) in [5, 5.41) is 9.30. The molecule has 3 aliphatic heterocycles. The summed E-state index contributed by atoms with van der Waals surface area (Å²) in [7, 11) is -0.0873. The number of nitrogens with zero attached hydrogens (tertiary/aromatic N) is 8. The summed E-state index contributed by atoms with van der Waals surface area (Å²) in [4.78, 5) is 24.7. The van der Waals surface area contributed by atoms with Gasteiger partial charge in [0.15, 0.2) is 11.3 Å². The maximum Gasteiger partial charge on any atom is 0.277 e. The fourth-order valence-corrected chi connectivity index (χ4v) is 6.82. The Bertz CT molecular complexity index is 1480. The van der Waals surface area contributed by atoms with Gasteiger partial charge in [0, 0.05) is 64.6 Å². The molecular formula is C24H34N10O3S. The van der Waals surface area contributed by atoms with Crippen molar-refractivity contribution < 1.29 is 13.2 Å². The molecule has 0 spiro atoms. The van der Waals surface area contributed by atoms with E-state index in [2.05, 4.69) is 14.7 Å². The van der Waals surface area contributed by atoms with Crippen molar-refractivity contribution in [2.24, 2.45) is 12.8 Å². The van der Waals surface area contributed by atoms with Crippen LogP contribution in [0.15, 0.2) is 18.3 Å². The standard InChI is InChI=1S/C24H34N10O3S/c1-30-8-5-11-38(36,37)29-18-15-31(2)28-23(18)24(35)33-9-4-3-6-19(33)17-12-21-26-20(13-22(30)34(21)27-17)32-10-7-16(25)14-32/h12-13,15-16,19,29H,3-11,14,25H2,1-2H3. The molecule has 6 rings (SSSR count). The van der Waals surface area contributed by atoms with Crippen molar-refractivity contribution in [1.29, 1.82) is 0 Å². The van der Waals surface area contributed by atoms with Gasteiger partial charge in [0.05, 0.1) is 23.2 Å². The first-order valence-electron chi connectivity index (χ1n) is 13.2. The van der Waals surface area contributed by atoms with Crippen LogP contribution in [0.2, 0.25) is 0 Å². The Hall–Kier alpha value is -3.39. The summed E-state index contributed by atoms with van der Waals surface area (Å²) in [6.07, 6.45) is 5.40. The van der Waals surface area contributed by atoms with Gasteiger partial charge in [-0.05, 0) is 32.1 Å². The highest BCUT2D eigenvalue weighted by atomic mass is 32.2. The first kappa shape index (κ1) is 24.9. The van der Waals surface area contributed by atoms with Crippen molar-refractivity contribution in [3.63, 3.8) is 0 Å². The lowest BCUT2D eigenvalue weighted by Gasteiger charge is -2.34. The third-order valence-electron chi connectivity index (χ3n) is 7.66. The number of sulfonamides is 1. The van der Waals surface area contributed by atoms with Crippen molar-refractivity contribution >= 4 is 38.9 Å². The first-order valence-corrected chi connectivity index (χ1v) is 14.8. The van der Waals surface area contributed by atoms with Gasteiger partial charge in [-0.15, -0.1) is 0 Å². The second kappa shape index (κ2) is 9.42. The predicted octanol–water partition coefficient (Wildman–Crippen LogP) is 0.949. The van der Waals surface area contributed by atoms with Crippen LogP contribution in [0.1, 0.15) is 54.3 Å². The smallest absolute Gasteiger partial charge is 0.277 e. The van der Waals surface area contributed by atoms with Gasteiger partial charge in [-0.3, -0.25) is 14.2 Å². The molecular weight excluding hydrogens is 508 g/mol. The molecule has 3 aliphatic rings. The summed E-state index contributed by atoms with van der Waals surface area (Å²) >= 11 is 0. The number of carbonyl (C=O) groups is 1. The van der Waals surface area contributed by atoms with Crippen molar-refractivity contribution in [1.82, 2.24) is 29.3 Å². The maximum absolute atomic E-state index is 13.8. The van der Waals surface area contributed by atoms with Crippen LogP contribution in [-0.2, 0) is 17.1 Å². The fraction of sp³-hybridized carbons (Fsp3) is 0.583. The Morgan fingerprint density at radius 1 is 1.05 bits per heavy atom. The predicted molar refractivity (Wildman–Crippen MR) is 144 cm³/mol. The van der Waals surface area contributed by atoms with Crippen LogP contribution in [0.4, 0.5) is 17.3 Å². The summed E-state index contributed by atoms with van der Waals surface area (Å²) in [5.74, 6) is 1.23. The second-order valence-corrected chi connectivity index (χ2v) is 12.4. The van der Waals surface area contributed by atoms with Crippen LogP contribution in [0.5, 0.6) is 0 Å². The lowest BCUT2D eigenvalue weighted by atomic mass is 9.99. The topological polar surface area (TPSA) is 147 Å². The van der Waals surface area contributed by atoms with Gasteiger partial charge < -0.3 is 20.4 Å². The van der Waals surface area contributed by atoms with E-state index in [9.17, 15) is 13.2 Å². The average Bonchev–Trinajstić information content (AvgIpc) is 3.60. The third kappa shape index (κ3) is 4.55. The highest BCUT2D eigenvalue weighted by Crippen LogP contribution is 2.34. The summed E-state index contributed by atoms with van der Waals surface area (Å²) < 4.78 is 31.9. The van der Waals surface area contributed by atoms with E-state index in [1.54, 1.807) is 18.1 Å². The normalized spacial score (nSPS) is 24.2. The van der Waals surface area contributed by atoms with E-state index in [0.29, 0.717) is 25.2 Å². The van der Waals surface area contributed by atoms with Crippen LogP contribution in [-0.4, -0.2) is 88.6 Å². The number of hydrogen-bond donors (Lipinski definition) is 2. The number of hydrogen-bond acceptors (Lipinski definition) is 9. The fourth-order valence-electron chi connectivity index (χ4n) is 5.72. The minimum absolute atomic E-state index is 0.0986. The highest BCUT2D eigenvalue weighted by Gasteiger charge is 2.34. The molecule has 2 saturated heterocycles. The number of nitrogens with two attached hydrogens (primary N) is 1. The molecule has 3 aromatic rings. The molecule has 14 heteroatoms. The zero-order valence-corrected chi connectivity index (χ0v) is 22.6. The number of aromatic nitrogens is 5. The van der Waals surface area contributed by atoms with Crippen LogP contribution in [0.25, 0.3) is 5.65 Å². The van der Waals surface area contributed by atoms with Gasteiger partial charge in [-0.25, -0.2) is 13.4 Å². The second-order valence-electron chi connectivity index (χ2n) is 10.6. The van der Waals surface area contributed by atoms with E-state index in [1.165, 1.54) is 4.68 Å². The molecule has 1 amide bonds. The van der Waals surface area contributed by atoms with Crippen LogP contribution >= 0.6 is 0 Å². The molecule has 2 atom stereocenters. The van der Waals surface area contributed by atoms with E-state index in [-0.39, 0.29) is 35.1 Å². The third-order valence-corrected chi connectivity index (χ3v) is 9.02. The van der Waals surface area contributed by atoms with Gasteiger partial charge in [0.1, 0.15) is 11.6 Å². The minimum Gasteiger partial charge on any atom is -0.359 e. The Balaban J connectivity index is 1.49. The Labute approximate surface area is 221 Å². The van der Waals surface area contributed by atoms with E-state index < -0.39 is 10.0 Å². The van der Waals surface area contributed by atoms with Gasteiger partial charge in [-0.2, -0.15) is 14.7 Å². The van der Waals surface area contributed by atoms with Crippen molar-refractivity contribution in [2.75, 3.05) is 53.5 Å². The van der Waals surface area contributed by atoms with E-state index in [1.807, 2.05) is 28.6 Å². The molecule has 0 aliphatic carbocycles. The number of piperidine rings is 1. The van der Waals surface area contributed by atoms with Crippen molar-refractivity contribution in [3.8, 4) is 0 Å². The molecule has 0 radical (unpaired) electrons. The molecule has 3 N–H and O–H groups in total. The molecule has 6 heterocycles. The summed E-state index contributed by atoms with van der Waals surface area (Å²) in [6, 6.07) is 3.81. The SMILES string of the molecule is CN1CCCS(=O)(=O)Nc2cn(C)nc2C(=O)N2CCCCC2c2cc3nc(N4CCC(N)C4)cc1n3n2. The van der Waals surface area contributed by atoms with Crippen LogP contribution in [0.3, 0.4) is 0 Å². The Kier molecular flexibility index (Phi) is 6.17. The van der Waals surface area contributed by atoms with E-state index >= 15 is 0 Å². The molecule has 2 bridgehead atoms. The lowest BCUT2D eigenvalue weighted by molar-refractivity contribution is 0.0600. The molecule has 0 aromatic carbocycles. The number of fused-ring (bicyclic) bond motifs is 4. The Morgan fingerprint density at radius 2 is 1.89 bits per heavy atom. The first-order chi connectivity index (χ1) is 18.2. The zero-order valence-electron chi connectivity index (χ0n) is 21.7. The molecule has 0 saturated carbocycles. The van der Waals surface area contributed by atoms with Crippen molar-refractivity contribution in [3.05, 3.63) is 29.7 Å². The monoisotopic (exact) mass is 542 g/mol. The number of aryl methyl sites for hydroxylation is 1. The van der Waals surface area contributed by atoms with E-state index in [0.717, 1.165) is 56.1 Å². The van der Waals surface area contributed by atoms with E-state index in [4.69, 9.17) is 15.8 Å². The van der Waals surface area contributed by atoms with Gasteiger partial charge in [0.25, 0.3) is 5.91 Å². The van der Waals surface area contributed by atoms with Crippen molar-refractivity contribution in [2.45, 2.75) is 44.2 Å². The molecule has 204 valence electrons. The molecule has 3 aromatic heterocycles. The number of amides is 1. The molecule has 38 heavy (non-hydrogen) atoms. The number of carbonyl (C=O) groups excluding carboxylic acids is 1.